The maximum atomic E-state index is 10.7. The largest absolute Gasteiger partial charge is 0.480 e. The molecule has 0 rings (SSSR count). The number of carbonyl (C=O) groups is 1. The Labute approximate surface area is 84.7 Å². The fourth-order valence-electron chi connectivity index (χ4n) is 1.17. The normalized spacial score (nSPS) is 12.4. The van der Waals surface area contributed by atoms with E-state index < -0.39 is 12.0 Å². The van der Waals surface area contributed by atoms with Crippen molar-refractivity contribution in [3.8, 4) is 0 Å². The number of hydrogen-bond donors (Lipinski definition) is 2. The zero-order valence-corrected chi connectivity index (χ0v) is 8.58. The van der Waals surface area contributed by atoms with Crippen LogP contribution in [-0.4, -0.2) is 29.9 Å². The van der Waals surface area contributed by atoms with Crippen LogP contribution in [0.25, 0.3) is 0 Å². The van der Waals surface area contributed by atoms with Gasteiger partial charge in [0.15, 0.2) is 6.29 Å². The van der Waals surface area contributed by atoms with Crippen molar-refractivity contribution in [2.45, 2.75) is 45.1 Å². The maximum absolute atomic E-state index is 10.7. The highest BCUT2D eigenvalue weighted by Gasteiger charge is 2.15. The number of carboxylic acid groups (broad SMARTS) is 1. The lowest BCUT2D eigenvalue weighted by Crippen LogP contribution is -2.37. The van der Waals surface area contributed by atoms with Crippen LogP contribution < -0.4 is 5.32 Å². The molecule has 0 heterocycles. The first-order valence-electron chi connectivity index (χ1n) is 5.03. The fourth-order valence-corrected chi connectivity index (χ4v) is 1.17. The summed E-state index contributed by atoms with van der Waals surface area (Å²) in [5.74, 6) is -0.892. The van der Waals surface area contributed by atoms with Gasteiger partial charge in [0, 0.05) is 6.42 Å². The van der Waals surface area contributed by atoms with Crippen molar-refractivity contribution < 1.29 is 14.7 Å². The third kappa shape index (κ3) is 6.60. The second-order valence-electron chi connectivity index (χ2n) is 3.24. The van der Waals surface area contributed by atoms with Gasteiger partial charge in [0.1, 0.15) is 6.04 Å². The van der Waals surface area contributed by atoms with Crippen molar-refractivity contribution in [1.82, 2.24) is 5.32 Å². The van der Waals surface area contributed by atoms with E-state index in [1.807, 2.05) is 0 Å². The topological polar surface area (TPSA) is 66.4 Å². The van der Waals surface area contributed by atoms with Gasteiger partial charge in [0.05, 0.1) is 0 Å². The number of nitrogens with one attached hydrogen (secondary N) is 1. The molecule has 0 aliphatic heterocycles. The number of carboxylic acids is 1. The average molecular weight is 200 g/mol. The van der Waals surface area contributed by atoms with Crippen LogP contribution in [-0.2, 0) is 9.59 Å². The molecule has 0 aromatic rings. The van der Waals surface area contributed by atoms with Gasteiger partial charge in [-0.05, 0) is 19.4 Å². The molecule has 1 atom stereocenters. The number of unbranched alkanes of at least 4 members (excludes halogenated alkanes) is 2. The van der Waals surface area contributed by atoms with Gasteiger partial charge in [-0.15, -0.1) is 0 Å². The summed E-state index contributed by atoms with van der Waals surface area (Å²) in [5.41, 5.74) is 0. The predicted octanol–water partition coefficient (Wildman–Crippen LogP) is 1.11. The molecule has 14 heavy (non-hydrogen) atoms. The highest BCUT2D eigenvalue weighted by Crippen LogP contribution is 1.97. The minimum atomic E-state index is -0.892. The molecule has 0 amide bonds. The van der Waals surface area contributed by atoms with Crippen molar-refractivity contribution >= 4 is 12.3 Å². The molecule has 1 radical (unpaired) electrons. The molecule has 0 spiro atoms. The Balaban J connectivity index is 3.62. The zero-order valence-electron chi connectivity index (χ0n) is 8.58. The molecule has 0 bridgehead atoms. The second kappa shape index (κ2) is 8.69. The highest BCUT2D eigenvalue weighted by atomic mass is 16.4. The van der Waals surface area contributed by atoms with Crippen LogP contribution in [0.2, 0.25) is 0 Å². The molecule has 0 aliphatic carbocycles. The lowest BCUT2D eigenvalue weighted by Gasteiger charge is -2.12. The van der Waals surface area contributed by atoms with Crippen LogP contribution >= 0.6 is 0 Å². The predicted molar refractivity (Wildman–Crippen MR) is 53.9 cm³/mol. The zero-order chi connectivity index (χ0) is 10.8. The third-order valence-corrected chi connectivity index (χ3v) is 2.00. The Hall–Kier alpha value is -0.900. The number of rotatable bonds is 9. The molecule has 2 N–H and O–H groups in total. The van der Waals surface area contributed by atoms with Crippen molar-refractivity contribution in [3.63, 3.8) is 0 Å². The number of aliphatic carboxylic acids is 1. The molecule has 4 nitrogen and oxygen atoms in total. The minimum absolute atomic E-state index is 0.178. The quantitative estimate of drug-likeness (QED) is 0.547. The summed E-state index contributed by atoms with van der Waals surface area (Å²) >= 11 is 0. The summed E-state index contributed by atoms with van der Waals surface area (Å²) in [6, 6.07) is -0.603. The maximum Gasteiger partial charge on any atom is 0.320 e. The third-order valence-electron chi connectivity index (χ3n) is 2.00. The van der Waals surface area contributed by atoms with E-state index in [0.29, 0.717) is 13.0 Å². The summed E-state index contributed by atoms with van der Waals surface area (Å²) < 4.78 is 0. The van der Waals surface area contributed by atoms with E-state index in [1.165, 1.54) is 0 Å². The molecule has 0 fully saturated rings. The molecule has 0 aromatic carbocycles. The molecule has 81 valence electrons. The first-order chi connectivity index (χ1) is 6.72. The molecule has 0 unspecified atom stereocenters. The van der Waals surface area contributed by atoms with Crippen molar-refractivity contribution in [1.29, 1.82) is 0 Å². The van der Waals surface area contributed by atoms with Gasteiger partial charge in [0.25, 0.3) is 0 Å². The number of carbonyl (C=O) groups excluding carboxylic acids is 1. The van der Waals surface area contributed by atoms with Gasteiger partial charge in [-0.3, -0.25) is 9.59 Å². The van der Waals surface area contributed by atoms with Crippen LogP contribution in [0.1, 0.15) is 39.0 Å². The lowest BCUT2D eigenvalue weighted by molar-refractivity contribution is -0.139. The van der Waals surface area contributed by atoms with Crippen LogP contribution in [0, 0.1) is 0 Å². The van der Waals surface area contributed by atoms with E-state index in [-0.39, 0.29) is 6.42 Å². The summed E-state index contributed by atoms with van der Waals surface area (Å²) in [7, 11) is 0. The Morgan fingerprint density at radius 2 is 2.21 bits per heavy atom. The summed E-state index contributed by atoms with van der Waals surface area (Å²) in [5, 5.41) is 11.7. The monoisotopic (exact) mass is 200 g/mol. The van der Waals surface area contributed by atoms with Crippen LogP contribution in [0.5, 0.6) is 0 Å². The lowest BCUT2D eigenvalue weighted by atomic mass is 10.1. The standard InChI is InChI=1S/C10H18NO3/c1-2-3-4-7-11-9(10(13)14)6-5-8-12/h9,11H,2-7H2,1H3,(H,13,14)/t9-/m0/s1. The second-order valence-corrected chi connectivity index (χ2v) is 3.24. The molecular weight excluding hydrogens is 182 g/mol. The molecule has 0 aromatic heterocycles. The Kier molecular flexibility index (Phi) is 8.13. The Morgan fingerprint density at radius 1 is 1.50 bits per heavy atom. The fraction of sp³-hybridized carbons (Fsp3) is 0.800. The van der Waals surface area contributed by atoms with Crippen LogP contribution in [0.3, 0.4) is 0 Å². The highest BCUT2D eigenvalue weighted by molar-refractivity contribution is 5.73. The summed E-state index contributed by atoms with van der Waals surface area (Å²) in [6.45, 7) is 2.79. The molecule has 0 saturated carbocycles. The van der Waals surface area contributed by atoms with Crippen molar-refractivity contribution in [2.24, 2.45) is 0 Å². The van der Waals surface area contributed by atoms with Gasteiger partial charge in [0.2, 0.25) is 0 Å². The Morgan fingerprint density at radius 3 is 2.71 bits per heavy atom. The SMILES string of the molecule is CCCCCN[C@@H](CC[C]=O)C(=O)O. The smallest absolute Gasteiger partial charge is 0.320 e. The van der Waals surface area contributed by atoms with Crippen molar-refractivity contribution in [2.75, 3.05) is 6.54 Å². The Bertz CT molecular complexity index is 171. The number of hydrogen-bond acceptors (Lipinski definition) is 3. The van der Waals surface area contributed by atoms with Crippen LogP contribution in [0.4, 0.5) is 0 Å². The van der Waals surface area contributed by atoms with Gasteiger partial charge in [-0.25, -0.2) is 0 Å². The van der Waals surface area contributed by atoms with E-state index in [1.54, 1.807) is 6.29 Å². The van der Waals surface area contributed by atoms with Gasteiger partial charge in [-0.2, -0.15) is 0 Å². The van der Waals surface area contributed by atoms with E-state index in [0.717, 1.165) is 19.3 Å². The van der Waals surface area contributed by atoms with Crippen LogP contribution in [0.15, 0.2) is 0 Å². The first-order valence-corrected chi connectivity index (χ1v) is 5.03. The average Bonchev–Trinajstić information content (AvgIpc) is 2.16. The van der Waals surface area contributed by atoms with E-state index in [2.05, 4.69) is 12.2 Å². The van der Waals surface area contributed by atoms with Crippen molar-refractivity contribution in [3.05, 3.63) is 0 Å². The minimum Gasteiger partial charge on any atom is -0.480 e. The molecule has 4 heteroatoms. The van der Waals surface area contributed by atoms with E-state index in [4.69, 9.17) is 5.11 Å². The molecule has 0 saturated heterocycles. The molecule has 0 aliphatic rings. The summed E-state index contributed by atoms with van der Waals surface area (Å²) in [4.78, 5) is 20.6. The molecular formula is C10H18NO3. The van der Waals surface area contributed by atoms with E-state index in [9.17, 15) is 9.59 Å². The van der Waals surface area contributed by atoms with Gasteiger partial charge < -0.3 is 10.4 Å². The van der Waals surface area contributed by atoms with Gasteiger partial charge in [-0.1, -0.05) is 19.8 Å². The summed E-state index contributed by atoms with van der Waals surface area (Å²) in [6.07, 6.45) is 5.39. The van der Waals surface area contributed by atoms with E-state index >= 15 is 0 Å². The first kappa shape index (κ1) is 13.1. The van der Waals surface area contributed by atoms with Gasteiger partial charge >= 0.3 is 5.97 Å².